The summed E-state index contributed by atoms with van der Waals surface area (Å²) in [5, 5.41) is 9.17. The van der Waals surface area contributed by atoms with Crippen molar-refractivity contribution in [2.45, 2.75) is 26.7 Å². The normalized spacial score (nSPS) is 15.0. The molecule has 1 aromatic carbocycles. The Bertz CT molecular complexity index is 534. The number of carboxylic acids is 1. The van der Waals surface area contributed by atoms with Crippen molar-refractivity contribution in [1.82, 2.24) is 0 Å². The second-order valence-corrected chi connectivity index (χ2v) is 8.01. The van der Waals surface area contributed by atoms with Crippen LogP contribution in [0, 0.1) is 5.92 Å². The minimum Gasteiger partial charge on any atom is -0.478 e. The molecule has 2 N–H and O–H groups in total. The number of hydrogen-bond acceptors (Lipinski definition) is 2. The van der Waals surface area contributed by atoms with Crippen LogP contribution in [0.1, 0.15) is 25.8 Å². The van der Waals surface area contributed by atoms with Gasteiger partial charge in [-0.2, -0.15) is 0 Å². The Morgan fingerprint density at radius 2 is 1.90 bits per heavy atom. The van der Waals surface area contributed by atoms with E-state index >= 15 is 0 Å². The molecule has 0 saturated heterocycles. The fraction of sp³-hybridized carbons (Fsp3) is 0.438. The highest BCUT2D eigenvalue weighted by molar-refractivity contribution is 7.58. The quantitative estimate of drug-likeness (QED) is 0.569. The second kappa shape index (κ2) is 8.16. The number of allylic oxidation sites excluding steroid dienone is 1. The van der Waals surface area contributed by atoms with E-state index in [0.717, 1.165) is 12.0 Å². The molecule has 116 valence electrons. The maximum atomic E-state index is 12.0. The van der Waals surface area contributed by atoms with Gasteiger partial charge in [0, 0.05) is 11.7 Å². The van der Waals surface area contributed by atoms with Crippen LogP contribution < -0.4 is 0 Å². The summed E-state index contributed by atoms with van der Waals surface area (Å²) in [5.74, 6) is -1.04. The lowest BCUT2D eigenvalue weighted by molar-refractivity contribution is -0.132. The standard InChI is InChI=1S/C16H23O4P/c1-13(2)11-21(19,20)12-15(16(17)18)10-6-9-14-7-4-3-5-8-14/h3-5,7-8,10,13H,6,9,11-12H2,1-2H3,(H,17,18)(H,19,20). The first-order chi connectivity index (χ1) is 9.80. The summed E-state index contributed by atoms with van der Waals surface area (Å²) < 4.78 is 12.0. The van der Waals surface area contributed by atoms with Gasteiger partial charge in [-0.05, 0) is 24.3 Å². The lowest BCUT2D eigenvalue weighted by Crippen LogP contribution is -2.09. The lowest BCUT2D eigenvalue weighted by atomic mass is 10.1. The Hall–Kier alpha value is -1.38. The molecule has 1 aromatic rings. The average molecular weight is 310 g/mol. The highest BCUT2D eigenvalue weighted by Crippen LogP contribution is 2.44. The molecule has 5 heteroatoms. The zero-order valence-electron chi connectivity index (χ0n) is 12.5. The zero-order valence-corrected chi connectivity index (χ0v) is 13.4. The van der Waals surface area contributed by atoms with Crippen molar-refractivity contribution in [1.29, 1.82) is 0 Å². The van der Waals surface area contributed by atoms with Crippen LogP contribution in [-0.2, 0) is 15.8 Å². The van der Waals surface area contributed by atoms with Crippen LogP contribution in [0.3, 0.4) is 0 Å². The van der Waals surface area contributed by atoms with Gasteiger partial charge in [0.05, 0.1) is 6.16 Å². The van der Waals surface area contributed by atoms with Gasteiger partial charge in [-0.25, -0.2) is 4.79 Å². The number of benzene rings is 1. The topological polar surface area (TPSA) is 74.6 Å². The van der Waals surface area contributed by atoms with Gasteiger partial charge >= 0.3 is 5.97 Å². The highest BCUT2D eigenvalue weighted by atomic mass is 31.2. The third-order valence-corrected chi connectivity index (χ3v) is 5.14. The number of rotatable bonds is 8. The summed E-state index contributed by atoms with van der Waals surface area (Å²) >= 11 is 0. The number of carboxylic acid groups (broad SMARTS) is 1. The molecule has 0 aromatic heterocycles. The van der Waals surface area contributed by atoms with E-state index in [9.17, 15) is 14.3 Å². The molecule has 0 aliphatic carbocycles. The van der Waals surface area contributed by atoms with E-state index in [-0.39, 0.29) is 23.8 Å². The van der Waals surface area contributed by atoms with Crippen molar-refractivity contribution in [3.8, 4) is 0 Å². The molecule has 21 heavy (non-hydrogen) atoms. The monoisotopic (exact) mass is 310 g/mol. The van der Waals surface area contributed by atoms with E-state index in [1.807, 2.05) is 44.2 Å². The van der Waals surface area contributed by atoms with Gasteiger partial charge in [-0.1, -0.05) is 50.3 Å². The molecule has 0 saturated carbocycles. The first-order valence-corrected chi connectivity index (χ1v) is 9.10. The summed E-state index contributed by atoms with van der Waals surface area (Å²) in [6.07, 6.45) is 2.73. The van der Waals surface area contributed by atoms with Crippen LogP contribution >= 0.6 is 7.37 Å². The number of aliphatic carboxylic acids is 1. The van der Waals surface area contributed by atoms with Crippen molar-refractivity contribution in [3.63, 3.8) is 0 Å². The molecule has 0 radical (unpaired) electrons. The molecule has 0 aliphatic rings. The van der Waals surface area contributed by atoms with E-state index in [1.54, 1.807) is 6.08 Å². The molecule has 0 amide bonds. The number of hydrogen-bond donors (Lipinski definition) is 2. The third kappa shape index (κ3) is 7.26. The predicted molar refractivity (Wildman–Crippen MR) is 84.9 cm³/mol. The molecule has 1 unspecified atom stereocenters. The molecule has 4 nitrogen and oxygen atoms in total. The van der Waals surface area contributed by atoms with Crippen LogP contribution in [0.4, 0.5) is 0 Å². The zero-order chi connectivity index (χ0) is 15.9. The fourth-order valence-electron chi connectivity index (χ4n) is 2.18. The Kier molecular flexibility index (Phi) is 6.86. The van der Waals surface area contributed by atoms with E-state index < -0.39 is 13.3 Å². The van der Waals surface area contributed by atoms with Gasteiger partial charge in [-0.15, -0.1) is 0 Å². The molecule has 1 rings (SSSR count). The minimum atomic E-state index is -3.42. The van der Waals surface area contributed by atoms with Crippen LogP contribution in [0.5, 0.6) is 0 Å². The van der Waals surface area contributed by atoms with Gasteiger partial charge in [0.15, 0.2) is 0 Å². The van der Waals surface area contributed by atoms with Crippen molar-refractivity contribution in [2.24, 2.45) is 5.92 Å². The van der Waals surface area contributed by atoms with Crippen molar-refractivity contribution in [3.05, 3.63) is 47.5 Å². The smallest absolute Gasteiger partial charge is 0.331 e. The van der Waals surface area contributed by atoms with E-state index in [1.165, 1.54) is 0 Å². The van der Waals surface area contributed by atoms with Crippen LogP contribution in [0.25, 0.3) is 0 Å². The average Bonchev–Trinajstić information content (AvgIpc) is 2.37. The van der Waals surface area contributed by atoms with Gasteiger partial charge in [0.2, 0.25) is 7.37 Å². The molecule has 0 bridgehead atoms. The molecule has 0 spiro atoms. The largest absolute Gasteiger partial charge is 0.478 e. The van der Waals surface area contributed by atoms with Gasteiger partial charge in [-0.3, -0.25) is 4.57 Å². The maximum Gasteiger partial charge on any atom is 0.331 e. The minimum absolute atomic E-state index is 0.0393. The molecule has 1 atom stereocenters. The van der Waals surface area contributed by atoms with E-state index in [0.29, 0.717) is 6.42 Å². The van der Waals surface area contributed by atoms with Crippen molar-refractivity contribution < 1.29 is 19.4 Å². The highest BCUT2D eigenvalue weighted by Gasteiger charge is 2.24. The van der Waals surface area contributed by atoms with Crippen LogP contribution in [0.2, 0.25) is 0 Å². The van der Waals surface area contributed by atoms with Crippen molar-refractivity contribution >= 4 is 13.3 Å². The third-order valence-electron chi connectivity index (χ3n) is 3.01. The summed E-state index contributed by atoms with van der Waals surface area (Å²) in [7, 11) is -3.42. The molecule has 0 aliphatic heterocycles. The summed E-state index contributed by atoms with van der Waals surface area (Å²) in [6, 6.07) is 9.74. The molecular weight excluding hydrogens is 287 g/mol. The summed E-state index contributed by atoms with van der Waals surface area (Å²) in [4.78, 5) is 21.1. The predicted octanol–water partition coefficient (Wildman–Crippen LogP) is 3.56. The number of carbonyl (C=O) groups is 1. The molecule has 0 heterocycles. The van der Waals surface area contributed by atoms with E-state index in [2.05, 4.69) is 0 Å². The van der Waals surface area contributed by atoms with Gasteiger partial charge in [0.1, 0.15) is 0 Å². The Labute approximate surface area is 126 Å². The SMILES string of the molecule is CC(C)CP(=O)(O)CC(=CCCc1ccccc1)C(=O)O. The summed E-state index contributed by atoms with van der Waals surface area (Å²) in [6.45, 7) is 3.70. The number of aryl methyl sites for hydroxylation is 1. The fourth-order valence-corrected chi connectivity index (χ4v) is 4.25. The first kappa shape index (κ1) is 17.7. The molecule has 0 fully saturated rings. The maximum absolute atomic E-state index is 12.0. The van der Waals surface area contributed by atoms with Gasteiger partial charge in [0.25, 0.3) is 0 Å². The Morgan fingerprint density at radius 1 is 1.29 bits per heavy atom. The summed E-state index contributed by atoms with van der Waals surface area (Å²) in [5.41, 5.74) is 1.16. The first-order valence-electron chi connectivity index (χ1n) is 7.07. The Balaban J connectivity index is 2.67. The Morgan fingerprint density at radius 3 is 2.43 bits per heavy atom. The second-order valence-electron chi connectivity index (χ2n) is 5.64. The molecular formula is C16H23O4P. The van der Waals surface area contributed by atoms with Crippen LogP contribution in [-0.4, -0.2) is 28.3 Å². The van der Waals surface area contributed by atoms with Crippen molar-refractivity contribution in [2.75, 3.05) is 12.3 Å². The van der Waals surface area contributed by atoms with E-state index in [4.69, 9.17) is 5.11 Å². The van der Waals surface area contributed by atoms with Crippen LogP contribution in [0.15, 0.2) is 42.0 Å². The lowest BCUT2D eigenvalue weighted by Gasteiger charge is -2.14. The van der Waals surface area contributed by atoms with Gasteiger partial charge < -0.3 is 10.00 Å².